The van der Waals surface area contributed by atoms with Crippen molar-refractivity contribution in [2.24, 2.45) is 10.7 Å². The largest absolute Gasteiger partial charge is 0.370 e. The highest BCUT2D eigenvalue weighted by molar-refractivity contribution is 5.92. The third kappa shape index (κ3) is 4.23. The van der Waals surface area contributed by atoms with Crippen molar-refractivity contribution in [3.63, 3.8) is 0 Å². The minimum atomic E-state index is 0.500. The average molecular weight is 274 g/mol. The number of hydrogen-bond donors (Lipinski definition) is 2. The van der Waals surface area contributed by atoms with Gasteiger partial charge in [-0.05, 0) is 56.5 Å². The number of rotatable bonds is 6. The molecule has 3 N–H and O–H groups in total. The predicted molar refractivity (Wildman–Crippen MR) is 86.3 cm³/mol. The lowest BCUT2D eigenvalue weighted by Crippen LogP contribution is -2.30. The Hall–Kier alpha value is -1.55. The standard InChI is InChI=1S/C16H26N4/c1-4-20(15-7-8-15)10-9-18-16(17)19-14-6-5-12(2)13(3)11-14/h5-6,11,15H,4,7-10H2,1-3H3,(H3,17,18,19). The van der Waals surface area contributed by atoms with Gasteiger partial charge in [0.2, 0.25) is 0 Å². The van der Waals surface area contributed by atoms with E-state index in [0.29, 0.717) is 5.96 Å². The summed E-state index contributed by atoms with van der Waals surface area (Å²) in [5.41, 5.74) is 9.48. The lowest BCUT2D eigenvalue weighted by Gasteiger charge is -2.18. The lowest BCUT2D eigenvalue weighted by atomic mass is 10.1. The second kappa shape index (κ2) is 6.75. The molecule has 0 atom stereocenters. The predicted octanol–water partition coefficient (Wildman–Crippen LogP) is 2.51. The first-order chi connectivity index (χ1) is 9.60. The van der Waals surface area contributed by atoms with E-state index < -0.39 is 0 Å². The van der Waals surface area contributed by atoms with Gasteiger partial charge < -0.3 is 11.1 Å². The van der Waals surface area contributed by atoms with Crippen LogP contribution in [-0.2, 0) is 0 Å². The van der Waals surface area contributed by atoms with E-state index in [0.717, 1.165) is 31.4 Å². The van der Waals surface area contributed by atoms with E-state index in [9.17, 15) is 0 Å². The molecular formula is C16H26N4. The fourth-order valence-corrected chi connectivity index (χ4v) is 2.34. The third-order valence-electron chi connectivity index (χ3n) is 3.92. The molecule has 1 saturated carbocycles. The Balaban J connectivity index is 1.82. The minimum absolute atomic E-state index is 0.500. The van der Waals surface area contributed by atoms with Gasteiger partial charge in [0.05, 0.1) is 6.54 Å². The molecule has 1 aromatic carbocycles. The van der Waals surface area contributed by atoms with Crippen LogP contribution in [0.25, 0.3) is 0 Å². The Morgan fingerprint density at radius 2 is 2.10 bits per heavy atom. The van der Waals surface area contributed by atoms with Crippen molar-refractivity contribution >= 4 is 11.6 Å². The van der Waals surface area contributed by atoms with Crippen LogP contribution in [0, 0.1) is 13.8 Å². The zero-order valence-electron chi connectivity index (χ0n) is 12.8. The van der Waals surface area contributed by atoms with Gasteiger partial charge in [0, 0.05) is 18.3 Å². The van der Waals surface area contributed by atoms with Crippen molar-refractivity contribution in [3.05, 3.63) is 29.3 Å². The first-order valence-electron chi connectivity index (χ1n) is 7.48. The molecule has 0 bridgehead atoms. The van der Waals surface area contributed by atoms with Crippen molar-refractivity contribution in [2.45, 2.75) is 39.7 Å². The van der Waals surface area contributed by atoms with Gasteiger partial charge in [-0.15, -0.1) is 0 Å². The number of nitrogens with one attached hydrogen (secondary N) is 1. The summed E-state index contributed by atoms with van der Waals surface area (Å²) in [5.74, 6) is 0.500. The second-order valence-electron chi connectivity index (χ2n) is 5.55. The highest BCUT2D eigenvalue weighted by atomic mass is 15.2. The molecule has 4 heteroatoms. The molecule has 0 amide bonds. The van der Waals surface area contributed by atoms with Gasteiger partial charge in [0.15, 0.2) is 5.96 Å². The summed E-state index contributed by atoms with van der Waals surface area (Å²) in [4.78, 5) is 6.89. The smallest absolute Gasteiger partial charge is 0.193 e. The molecule has 110 valence electrons. The van der Waals surface area contributed by atoms with Crippen LogP contribution >= 0.6 is 0 Å². The van der Waals surface area contributed by atoms with E-state index in [1.165, 1.54) is 24.0 Å². The van der Waals surface area contributed by atoms with Crippen LogP contribution in [0.4, 0.5) is 5.69 Å². The monoisotopic (exact) mass is 274 g/mol. The zero-order chi connectivity index (χ0) is 14.5. The van der Waals surface area contributed by atoms with E-state index in [-0.39, 0.29) is 0 Å². The van der Waals surface area contributed by atoms with Crippen molar-refractivity contribution in [1.82, 2.24) is 4.90 Å². The first kappa shape index (κ1) is 14.9. The van der Waals surface area contributed by atoms with Crippen molar-refractivity contribution < 1.29 is 0 Å². The molecule has 0 heterocycles. The molecule has 2 rings (SSSR count). The summed E-state index contributed by atoms with van der Waals surface area (Å²) in [6.45, 7) is 9.27. The Morgan fingerprint density at radius 1 is 1.35 bits per heavy atom. The maximum absolute atomic E-state index is 5.93. The molecule has 1 aliphatic carbocycles. The number of nitrogens with zero attached hydrogens (tertiary/aromatic N) is 2. The van der Waals surface area contributed by atoms with Crippen molar-refractivity contribution in [1.29, 1.82) is 0 Å². The topological polar surface area (TPSA) is 53.6 Å². The Labute approximate surface area is 122 Å². The maximum Gasteiger partial charge on any atom is 0.193 e. The minimum Gasteiger partial charge on any atom is -0.370 e. The number of hydrogen-bond acceptors (Lipinski definition) is 2. The molecule has 1 aliphatic rings. The molecular weight excluding hydrogens is 248 g/mol. The summed E-state index contributed by atoms with van der Waals surface area (Å²) in [6, 6.07) is 7.02. The number of aliphatic imine (C=N–C) groups is 1. The van der Waals surface area contributed by atoms with Gasteiger partial charge in [0.1, 0.15) is 0 Å². The Bertz CT molecular complexity index is 477. The van der Waals surface area contributed by atoms with Crippen LogP contribution in [0.15, 0.2) is 23.2 Å². The fraction of sp³-hybridized carbons (Fsp3) is 0.562. The van der Waals surface area contributed by atoms with Crippen LogP contribution < -0.4 is 11.1 Å². The van der Waals surface area contributed by atoms with Crippen molar-refractivity contribution in [2.75, 3.05) is 25.0 Å². The van der Waals surface area contributed by atoms with Crippen LogP contribution in [0.1, 0.15) is 30.9 Å². The summed E-state index contributed by atoms with van der Waals surface area (Å²) < 4.78 is 0. The highest BCUT2D eigenvalue weighted by Gasteiger charge is 2.26. The van der Waals surface area contributed by atoms with Gasteiger partial charge in [-0.3, -0.25) is 9.89 Å². The van der Waals surface area contributed by atoms with E-state index in [1.54, 1.807) is 0 Å². The molecule has 20 heavy (non-hydrogen) atoms. The van der Waals surface area contributed by atoms with Gasteiger partial charge >= 0.3 is 0 Å². The second-order valence-corrected chi connectivity index (χ2v) is 5.55. The molecule has 1 aromatic rings. The maximum atomic E-state index is 5.93. The molecule has 1 fully saturated rings. The van der Waals surface area contributed by atoms with E-state index in [4.69, 9.17) is 5.73 Å². The SMILES string of the molecule is CCN(CCN=C(N)Nc1ccc(C)c(C)c1)C1CC1. The Kier molecular flexibility index (Phi) is 5.01. The summed E-state index contributed by atoms with van der Waals surface area (Å²) in [7, 11) is 0. The molecule has 0 unspecified atom stereocenters. The number of benzene rings is 1. The number of nitrogens with two attached hydrogens (primary N) is 1. The van der Waals surface area contributed by atoms with Crippen LogP contribution in [0.5, 0.6) is 0 Å². The number of guanidine groups is 1. The zero-order valence-corrected chi connectivity index (χ0v) is 12.8. The summed E-state index contributed by atoms with van der Waals surface area (Å²) >= 11 is 0. The normalized spacial score (nSPS) is 15.7. The molecule has 0 radical (unpaired) electrons. The molecule has 0 spiro atoms. The molecule has 4 nitrogen and oxygen atoms in total. The van der Waals surface area contributed by atoms with E-state index in [2.05, 4.69) is 48.1 Å². The number of likely N-dealkylation sites (N-methyl/N-ethyl adjacent to an activating group) is 1. The summed E-state index contributed by atoms with van der Waals surface area (Å²) in [6.07, 6.45) is 2.68. The van der Waals surface area contributed by atoms with Crippen molar-refractivity contribution in [3.8, 4) is 0 Å². The van der Waals surface area contributed by atoms with Gasteiger partial charge in [-0.2, -0.15) is 0 Å². The van der Waals surface area contributed by atoms with Gasteiger partial charge in [-0.1, -0.05) is 13.0 Å². The summed E-state index contributed by atoms with van der Waals surface area (Å²) in [5, 5.41) is 3.16. The average Bonchev–Trinajstić information content (AvgIpc) is 3.23. The lowest BCUT2D eigenvalue weighted by molar-refractivity contribution is 0.286. The Morgan fingerprint density at radius 3 is 2.70 bits per heavy atom. The highest BCUT2D eigenvalue weighted by Crippen LogP contribution is 2.25. The first-order valence-corrected chi connectivity index (χ1v) is 7.48. The molecule has 0 aliphatic heterocycles. The fourth-order valence-electron chi connectivity index (χ4n) is 2.34. The molecule has 0 saturated heterocycles. The van der Waals surface area contributed by atoms with E-state index in [1.807, 2.05) is 6.07 Å². The number of anilines is 1. The van der Waals surface area contributed by atoms with E-state index >= 15 is 0 Å². The number of aryl methyl sites for hydroxylation is 2. The van der Waals surface area contributed by atoms with Crippen LogP contribution in [0.2, 0.25) is 0 Å². The van der Waals surface area contributed by atoms with Crippen LogP contribution in [-0.4, -0.2) is 36.5 Å². The molecule has 0 aromatic heterocycles. The van der Waals surface area contributed by atoms with Gasteiger partial charge in [-0.25, -0.2) is 0 Å². The van der Waals surface area contributed by atoms with Crippen LogP contribution in [0.3, 0.4) is 0 Å². The quantitative estimate of drug-likeness (QED) is 0.619. The third-order valence-corrected chi connectivity index (χ3v) is 3.92. The van der Waals surface area contributed by atoms with Gasteiger partial charge in [0.25, 0.3) is 0 Å².